The first-order chi connectivity index (χ1) is 10.8. The van der Waals surface area contributed by atoms with Crippen LogP contribution >= 0.6 is 0 Å². The van der Waals surface area contributed by atoms with Crippen molar-refractivity contribution in [3.05, 3.63) is 83.2 Å². The number of benzene rings is 2. The molecule has 2 heteroatoms. The van der Waals surface area contributed by atoms with Gasteiger partial charge in [-0.15, -0.1) is 0 Å². The van der Waals surface area contributed by atoms with Gasteiger partial charge in [0.1, 0.15) is 0 Å². The maximum atomic E-state index is 12.6. The molecule has 1 heterocycles. The van der Waals surface area contributed by atoms with Crippen LogP contribution in [0.4, 0.5) is 0 Å². The van der Waals surface area contributed by atoms with Crippen molar-refractivity contribution in [2.24, 2.45) is 0 Å². The maximum absolute atomic E-state index is 12.6. The van der Waals surface area contributed by atoms with Crippen LogP contribution in [0.15, 0.2) is 60.9 Å². The maximum Gasteiger partial charge on any atom is 0.186 e. The second kappa shape index (κ2) is 5.23. The van der Waals surface area contributed by atoms with Gasteiger partial charge in [-0.3, -0.25) is 9.78 Å². The van der Waals surface area contributed by atoms with E-state index in [1.807, 2.05) is 24.3 Å². The number of pyridine rings is 1. The first kappa shape index (κ1) is 13.0. The molecule has 0 spiro atoms. The Kier molecular flexibility index (Phi) is 3.08. The van der Waals surface area contributed by atoms with Crippen molar-refractivity contribution >= 4 is 22.6 Å². The van der Waals surface area contributed by atoms with Gasteiger partial charge in [-0.05, 0) is 58.5 Å². The van der Waals surface area contributed by atoms with Crippen LogP contribution in [0.3, 0.4) is 0 Å². The summed E-state index contributed by atoms with van der Waals surface area (Å²) in [5, 5.41) is 2.51. The van der Waals surface area contributed by atoms with Gasteiger partial charge in [-0.25, -0.2) is 0 Å². The third-order valence-electron chi connectivity index (χ3n) is 4.26. The second-order valence-electron chi connectivity index (χ2n) is 5.59. The van der Waals surface area contributed by atoms with E-state index in [0.29, 0.717) is 0 Å². The molecular formula is C20H15NO. The van der Waals surface area contributed by atoms with Crippen LogP contribution in [0.5, 0.6) is 0 Å². The molecule has 2 aromatic carbocycles. The van der Waals surface area contributed by atoms with Gasteiger partial charge >= 0.3 is 0 Å². The third kappa shape index (κ3) is 2.13. The summed E-state index contributed by atoms with van der Waals surface area (Å²) in [6.45, 7) is 0. The molecule has 1 aromatic heterocycles. The molecular weight excluding hydrogens is 270 g/mol. The van der Waals surface area contributed by atoms with E-state index < -0.39 is 0 Å². The van der Waals surface area contributed by atoms with Crippen LogP contribution < -0.4 is 0 Å². The fourth-order valence-corrected chi connectivity index (χ4v) is 3.23. The normalized spacial score (nSPS) is 13.1. The first-order valence-corrected chi connectivity index (χ1v) is 7.49. The Morgan fingerprint density at radius 2 is 2.00 bits per heavy atom. The number of nitrogens with zero attached hydrogens (tertiary/aromatic N) is 1. The average Bonchev–Trinajstić information content (AvgIpc) is 3.00. The summed E-state index contributed by atoms with van der Waals surface area (Å²) < 4.78 is 0. The molecule has 1 aliphatic carbocycles. The Bertz CT molecular complexity index is 894. The molecule has 22 heavy (non-hydrogen) atoms. The van der Waals surface area contributed by atoms with Crippen molar-refractivity contribution in [1.29, 1.82) is 0 Å². The Hall–Kier alpha value is -2.74. The molecule has 0 radical (unpaired) electrons. The van der Waals surface area contributed by atoms with Crippen LogP contribution in [0.2, 0.25) is 0 Å². The standard InChI is InChI=1S/C20H15NO/c22-19(11-6-14-3-2-12-21-13-14)17-9-7-15-4-1-5-16-8-10-18(17)20(15)16/h1-7,9,11-13H,8,10H2/b11-6+. The van der Waals surface area contributed by atoms with Gasteiger partial charge < -0.3 is 0 Å². The van der Waals surface area contributed by atoms with Gasteiger partial charge in [-0.2, -0.15) is 0 Å². The van der Waals surface area contributed by atoms with E-state index in [4.69, 9.17) is 0 Å². The molecule has 0 saturated heterocycles. The molecule has 2 nitrogen and oxygen atoms in total. The Morgan fingerprint density at radius 1 is 1.05 bits per heavy atom. The zero-order chi connectivity index (χ0) is 14.9. The molecule has 106 valence electrons. The summed E-state index contributed by atoms with van der Waals surface area (Å²) in [7, 11) is 0. The van der Waals surface area contributed by atoms with Gasteiger partial charge in [0.25, 0.3) is 0 Å². The smallest absolute Gasteiger partial charge is 0.186 e. The van der Waals surface area contributed by atoms with E-state index in [9.17, 15) is 4.79 Å². The Balaban J connectivity index is 1.74. The van der Waals surface area contributed by atoms with Crippen LogP contribution in [-0.2, 0) is 12.8 Å². The monoisotopic (exact) mass is 285 g/mol. The van der Waals surface area contributed by atoms with E-state index >= 15 is 0 Å². The number of hydrogen-bond donors (Lipinski definition) is 0. The summed E-state index contributed by atoms with van der Waals surface area (Å²) in [6.07, 6.45) is 8.94. The van der Waals surface area contributed by atoms with E-state index in [1.165, 1.54) is 21.9 Å². The van der Waals surface area contributed by atoms with Crippen LogP contribution in [-0.4, -0.2) is 10.8 Å². The van der Waals surface area contributed by atoms with E-state index in [2.05, 4.69) is 29.2 Å². The first-order valence-electron chi connectivity index (χ1n) is 7.49. The molecule has 0 N–H and O–H groups in total. The highest BCUT2D eigenvalue weighted by Gasteiger charge is 2.19. The quantitative estimate of drug-likeness (QED) is 0.532. The van der Waals surface area contributed by atoms with E-state index in [0.717, 1.165) is 24.0 Å². The summed E-state index contributed by atoms with van der Waals surface area (Å²) >= 11 is 0. The number of carbonyl (C=O) groups is 1. The van der Waals surface area contributed by atoms with Crippen molar-refractivity contribution < 1.29 is 4.79 Å². The Morgan fingerprint density at radius 3 is 2.86 bits per heavy atom. The molecule has 0 saturated carbocycles. The molecule has 0 amide bonds. The van der Waals surface area contributed by atoms with Crippen molar-refractivity contribution in [2.45, 2.75) is 12.8 Å². The number of aromatic nitrogens is 1. The van der Waals surface area contributed by atoms with Crippen LogP contribution in [0.1, 0.15) is 27.0 Å². The molecule has 0 bridgehead atoms. The fraction of sp³-hybridized carbons (Fsp3) is 0.100. The number of carbonyl (C=O) groups excluding carboxylic acids is 1. The molecule has 0 aliphatic heterocycles. The van der Waals surface area contributed by atoms with Gasteiger partial charge in [0, 0.05) is 18.0 Å². The molecule has 0 atom stereocenters. The van der Waals surface area contributed by atoms with Crippen LogP contribution in [0.25, 0.3) is 16.8 Å². The number of ketones is 1. The minimum atomic E-state index is 0.0671. The lowest BCUT2D eigenvalue weighted by Gasteiger charge is -2.06. The average molecular weight is 285 g/mol. The highest BCUT2D eigenvalue weighted by molar-refractivity contribution is 6.11. The molecule has 1 aliphatic rings. The summed E-state index contributed by atoms with van der Waals surface area (Å²) in [6, 6.07) is 14.2. The number of rotatable bonds is 3. The highest BCUT2D eigenvalue weighted by atomic mass is 16.1. The number of aryl methyl sites for hydroxylation is 2. The fourth-order valence-electron chi connectivity index (χ4n) is 3.23. The van der Waals surface area contributed by atoms with Crippen molar-refractivity contribution in [1.82, 2.24) is 4.98 Å². The lowest BCUT2D eigenvalue weighted by atomic mass is 9.97. The van der Waals surface area contributed by atoms with Gasteiger partial charge in [0.05, 0.1) is 0 Å². The molecule has 0 unspecified atom stereocenters. The number of hydrogen-bond acceptors (Lipinski definition) is 2. The van der Waals surface area contributed by atoms with Crippen LogP contribution in [0, 0.1) is 0 Å². The zero-order valence-corrected chi connectivity index (χ0v) is 12.1. The van der Waals surface area contributed by atoms with Gasteiger partial charge in [0.15, 0.2) is 5.78 Å². The lowest BCUT2D eigenvalue weighted by molar-refractivity contribution is 0.104. The predicted octanol–water partition coefficient (Wildman–Crippen LogP) is 4.23. The largest absolute Gasteiger partial charge is 0.289 e. The van der Waals surface area contributed by atoms with Gasteiger partial charge in [0.2, 0.25) is 0 Å². The summed E-state index contributed by atoms with van der Waals surface area (Å²) in [5.74, 6) is 0.0671. The summed E-state index contributed by atoms with van der Waals surface area (Å²) in [5.41, 5.74) is 4.33. The second-order valence-corrected chi connectivity index (χ2v) is 5.59. The minimum absolute atomic E-state index is 0.0671. The lowest BCUT2D eigenvalue weighted by Crippen LogP contribution is -1.99. The molecule has 3 aromatic rings. The van der Waals surface area contributed by atoms with E-state index in [-0.39, 0.29) is 5.78 Å². The Labute approximate surface area is 129 Å². The summed E-state index contributed by atoms with van der Waals surface area (Å²) in [4.78, 5) is 16.6. The number of allylic oxidation sites excluding steroid dienone is 1. The molecule has 0 fully saturated rings. The predicted molar refractivity (Wildman–Crippen MR) is 89.0 cm³/mol. The van der Waals surface area contributed by atoms with Crippen molar-refractivity contribution in [3.63, 3.8) is 0 Å². The minimum Gasteiger partial charge on any atom is -0.289 e. The highest BCUT2D eigenvalue weighted by Crippen LogP contribution is 2.33. The molecule has 4 rings (SSSR count). The van der Waals surface area contributed by atoms with Crippen molar-refractivity contribution in [3.8, 4) is 0 Å². The van der Waals surface area contributed by atoms with E-state index in [1.54, 1.807) is 18.5 Å². The third-order valence-corrected chi connectivity index (χ3v) is 4.26. The SMILES string of the molecule is O=C(/C=C/c1cccnc1)c1ccc2cccc3c2c1CC3. The van der Waals surface area contributed by atoms with Crippen molar-refractivity contribution in [2.75, 3.05) is 0 Å². The van der Waals surface area contributed by atoms with Gasteiger partial charge in [-0.1, -0.05) is 36.4 Å². The topological polar surface area (TPSA) is 30.0 Å². The zero-order valence-electron chi connectivity index (χ0n) is 12.1.